The van der Waals surface area contributed by atoms with E-state index in [-0.39, 0.29) is 5.96 Å². The molecule has 0 aromatic rings. The van der Waals surface area contributed by atoms with Gasteiger partial charge in [0.1, 0.15) is 5.40 Å². The van der Waals surface area contributed by atoms with E-state index in [2.05, 4.69) is 22.8 Å². The number of thiol groups is 1. The predicted octanol–water partition coefficient (Wildman–Crippen LogP) is -1.09. The lowest BCUT2D eigenvalue weighted by Crippen LogP contribution is -2.21. The number of thiocyanates is 1. The number of nitriles is 1. The van der Waals surface area contributed by atoms with Crippen LogP contribution in [0.3, 0.4) is 0 Å². The molecule has 0 amide bonds. The zero-order valence-corrected chi connectivity index (χ0v) is 5.75. The summed E-state index contributed by atoms with van der Waals surface area (Å²) in [6.07, 6.45) is 1.13. The van der Waals surface area contributed by atoms with E-state index in [1.807, 2.05) is 0 Å². The maximum absolute atomic E-state index is 9.20. The van der Waals surface area contributed by atoms with Gasteiger partial charge in [-0.05, 0) is 0 Å². The molecule has 6 nitrogen and oxygen atoms in total. The zero-order chi connectivity index (χ0) is 8.41. The highest BCUT2D eigenvalue weighted by atomic mass is 32.1. The van der Waals surface area contributed by atoms with Gasteiger partial charge in [-0.15, -0.1) is 5.10 Å². The minimum Gasteiger partial charge on any atom is -0.369 e. The Morgan fingerprint density at radius 2 is 2.00 bits per heavy atom. The molecule has 0 rings (SSSR count). The van der Waals surface area contributed by atoms with Crippen LogP contribution < -0.4 is 11.5 Å². The molecular formula is C3H5N5OS. The average molecular weight is 159 g/mol. The molecule has 0 spiro atoms. The van der Waals surface area contributed by atoms with Crippen LogP contribution in [0, 0.1) is 10.7 Å². The lowest BCUT2D eigenvalue weighted by atomic mass is 11.1. The third-order valence-electron chi connectivity index (χ3n) is 0.206. The molecule has 54 valence electrons. The normalized spacial score (nSPS) is 5.20. The summed E-state index contributed by atoms with van der Waals surface area (Å²) in [6.45, 7) is 0. The molecule has 7 heteroatoms. The van der Waals surface area contributed by atoms with Crippen LogP contribution >= 0.6 is 12.6 Å². The van der Waals surface area contributed by atoms with Gasteiger partial charge in [0.15, 0.2) is 0 Å². The number of rotatable bonds is 1. The van der Waals surface area contributed by atoms with Gasteiger partial charge in [-0.25, -0.2) is 4.79 Å². The van der Waals surface area contributed by atoms with Gasteiger partial charge < -0.3 is 11.5 Å². The summed E-state index contributed by atoms with van der Waals surface area (Å²) in [4.78, 5) is 9.20. The molecule has 0 unspecified atom stereocenters. The van der Waals surface area contributed by atoms with Crippen LogP contribution in [0.15, 0.2) is 10.2 Å². The Hall–Kier alpha value is -1.51. The third-order valence-corrected chi connectivity index (χ3v) is 0.206. The fourth-order valence-corrected chi connectivity index (χ4v) is 0.0781. The van der Waals surface area contributed by atoms with Gasteiger partial charge >= 0.3 is 0 Å². The Kier molecular flexibility index (Phi) is 11.8. The summed E-state index contributed by atoms with van der Waals surface area (Å²) in [7, 11) is 0. The maximum Gasteiger partial charge on any atom is 0.260 e. The van der Waals surface area contributed by atoms with E-state index in [4.69, 9.17) is 16.7 Å². The Balaban J connectivity index is 0. The molecule has 0 aliphatic rings. The molecule has 0 aromatic heterocycles. The van der Waals surface area contributed by atoms with Crippen LogP contribution in [0.5, 0.6) is 0 Å². The Bertz CT molecular complexity index is 184. The zero-order valence-electron chi connectivity index (χ0n) is 4.85. The van der Waals surface area contributed by atoms with E-state index in [1.54, 1.807) is 0 Å². The van der Waals surface area contributed by atoms with Crippen molar-refractivity contribution in [3.8, 4) is 5.40 Å². The van der Waals surface area contributed by atoms with E-state index in [1.165, 1.54) is 5.40 Å². The summed E-state index contributed by atoms with van der Waals surface area (Å²) in [5, 5.41) is 14.2. The van der Waals surface area contributed by atoms with Crippen molar-refractivity contribution in [2.24, 2.45) is 21.7 Å². The van der Waals surface area contributed by atoms with Crippen LogP contribution in [0.25, 0.3) is 0 Å². The standard InChI is InChI=1S/C2H4N4O.CHNS/c3-2(4)6-5-1-7;2-1-3/h(H4,3,4,6);3H. The molecule has 0 aliphatic carbocycles. The van der Waals surface area contributed by atoms with Gasteiger partial charge in [-0.2, -0.15) is 5.26 Å². The maximum atomic E-state index is 9.20. The topological polar surface area (TPSA) is 118 Å². The number of nitrogens with zero attached hydrogens (tertiary/aromatic N) is 3. The highest BCUT2D eigenvalue weighted by Gasteiger charge is 1.68. The van der Waals surface area contributed by atoms with Gasteiger partial charge in [0.2, 0.25) is 5.96 Å². The van der Waals surface area contributed by atoms with E-state index in [9.17, 15) is 4.79 Å². The first kappa shape index (κ1) is 11.3. The van der Waals surface area contributed by atoms with Gasteiger partial charge in [-0.3, -0.25) is 0 Å². The van der Waals surface area contributed by atoms with Gasteiger partial charge in [0.05, 0.1) is 0 Å². The molecule has 0 aliphatic heterocycles. The molecule has 0 atom stereocenters. The smallest absolute Gasteiger partial charge is 0.260 e. The van der Waals surface area contributed by atoms with Crippen molar-refractivity contribution in [2.45, 2.75) is 0 Å². The van der Waals surface area contributed by atoms with E-state index < -0.39 is 0 Å². The molecule has 4 N–H and O–H groups in total. The molecule has 10 heavy (non-hydrogen) atoms. The van der Waals surface area contributed by atoms with E-state index in [0.29, 0.717) is 0 Å². The molecule has 0 fully saturated rings. The molecule has 0 heterocycles. The lowest BCUT2D eigenvalue weighted by molar-refractivity contribution is 0.563. The molecule has 0 saturated carbocycles. The van der Waals surface area contributed by atoms with Crippen molar-refractivity contribution in [3.63, 3.8) is 0 Å². The van der Waals surface area contributed by atoms with Gasteiger partial charge in [0, 0.05) is 0 Å². The summed E-state index contributed by atoms with van der Waals surface area (Å²) >= 11 is 3.09. The first-order chi connectivity index (χ1) is 4.68. The summed E-state index contributed by atoms with van der Waals surface area (Å²) in [6, 6.07) is 0. The van der Waals surface area contributed by atoms with Crippen LogP contribution in [-0.2, 0) is 4.79 Å². The molecule has 0 bridgehead atoms. The number of hydrogen-bond donors (Lipinski definition) is 3. The average Bonchev–Trinajstić information content (AvgIpc) is 1.85. The van der Waals surface area contributed by atoms with Crippen molar-refractivity contribution in [1.29, 1.82) is 5.26 Å². The van der Waals surface area contributed by atoms with Gasteiger partial charge in [-0.1, -0.05) is 17.7 Å². The van der Waals surface area contributed by atoms with Crippen molar-refractivity contribution in [1.82, 2.24) is 0 Å². The van der Waals surface area contributed by atoms with E-state index >= 15 is 0 Å². The van der Waals surface area contributed by atoms with Gasteiger partial charge in [0.25, 0.3) is 6.08 Å². The predicted molar refractivity (Wildman–Crippen MR) is 38.5 cm³/mol. The Morgan fingerprint density at radius 3 is 2.10 bits per heavy atom. The summed E-state index contributed by atoms with van der Waals surface area (Å²) in [5.41, 5.74) is 9.47. The Morgan fingerprint density at radius 1 is 1.60 bits per heavy atom. The second kappa shape index (κ2) is 10.5. The SMILES string of the molecule is N#CS.NC(N)=NN=C=O. The van der Waals surface area contributed by atoms with Crippen molar-refractivity contribution >= 4 is 24.7 Å². The van der Waals surface area contributed by atoms with Crippen molar-refractivity contribution in [3.05, 3.63) is 0 Å². The number of hydrogen-bond acceptors (Lipinski definition) is 5. The van der Waals surface area contributed by atoms with Crippen LogP contribution in [0.2, 0.25) is 0 Å². The molecular weight excluding hydrogens is 154 g/mol. The lowest BCUT2D eigenvalue weighted by Gasteiger charge is -1.76. The molecule has 0 radical (unpaired) electrons. The summed E-state index contributed by atoms with van der Waals surface area (Å²) in [5.74, 6) is -0.247. The largest absolute Gasteiger partial charge is 0.369 e. The fourth-order valence-electron chi connectivity index (χ4n) is 0.0781. The molecule has 0 aromatic carbocycles. The number of guanidine groups is 1. The third kappa shape index (κ3) is 31.5. The second-order valence-electron chi connectivity index (χ2n) is 0.816. The highest BCUT2D eigenvalue weighted by molar-refractivity contribution is 7.85. The second-order valence-corrected chi connectivity index (χ2v) is 1.02. The minimum absolute atomic E-state index is 0.247. The van der Waals surface area contributed by atoms with Crippen molar-refractivity contribution < 1.29 is 4.79 Å². The van der Waals surface area contributed by atoms with Crippen LogP contribution in [0.1, 0.15) is 0 Å². The highest BCUT2D eigenvalue weighted by Crippen LogP contribution is 1.58. The van der Waals surface area contributed by atoms with Crippen molar-refractivity contribution in [2.75, 3.05) is 0 Å². The quantitative estimate of drug-likeness (QED) is 0.112. The molecule has 0 saturated heterocycles. The number of carbonyl (C=O) groups excluding carboxylic acids is 1. The van der Waals surface area contributed by atoms with E-state index in [0.717, 1.165) is 6.08 Å². The summed E-state index contributed by atoms with van der Waals surface area (Å²) < 4.78 is 0. The van der Waals surface area contributed by atoms with Crippen LogP contribution in [-0.4, -0.2) is 12.0 Å². The monoisotopic (exact) mass is 159 g/mol. The van der Waals surface area contributed by atoms with Crippen LogP contribution in [0.4, 0.5) is 0 Å². The first-order valence-electron chi connectivity index (χ1n) is 1.88. The first-order valence-corrected chi connectivity index (χ1v) is 2.32. The number of nitrogens with two attached hydrogens (primary N) is 2. The number of isocyanates is 1. The fraction of sp³-hybridized carbons (Fsp3) is 0. The minimum atomic E-state index is -0.247. The Labute approximate surface area is 62.6 Å².